The van der Waals surface area contributed by atoms with Crippen molar-refractivity contribution in [1.29, 1.82) is 0 Å². The number of carbonyl (C=O) groups is 1. The lowest BCUT2D eigenvalue weighted by atomic mass is 10.1. The number of fused-ring (bicyclic) bond motifs is 1. The highest BCUT2D eigenvalue weighted by atomic mass is 16.6. The molecule has 1 atom stereocenters. The number of nitrogens with zero attached hydrogens (tertiary/aromatic N) is 2. The number of rotatable bonds is 5. The van der Waals surface area contributed by atoms with Crippen LogP contribution < -0.4 is 19.7 Å². The number of anilines is 1. The first-order valence-corrected chi connectivity index (χ1v) is 10.0. The second-order valence-electron chi connectivity index (χ2n) is 7.47. The molecule has 154 valence electrons. The van der Waals surface area contributed by atoms with Crippen molar-refractivity contribution < 1.29 is 19.4 Å². The van der Waals surface area contributed by atoms with E-state index in [0.29, 0.717) is 19.8 Å². The van der Waals surface area contributed by atoms with Crippen molar-refractivity contribution >= 4 is 11.6 Å². The molecule has 2 aliphatic rings. The Balaban J connectivity index is 1.26. The molecule has 7 heteroatoms. The summed E-state index contributed by atoms with van der Waals surface area (Å²) in [4.78, 5) is 17.0. The van der Waals surface area contributed by atoms with E-state index < -0.39 is 0 Å². The first-order valence-electron chi connectivity index (χ1n) is 10.0. The maximum absolute atomic E-state index is 12.5. The van der Waals surface area contributed by atoms with E-state index in [1.54, 1.807) is 12.1 Å². The monoisotopic (exact) mass is 397 g/mol. The summed E-state index contributed by atoms with van der Waals surface area (Å²) in [5.74, 6) is 1.78. The summed E-state index contributed by atoms with van der Waals surface area (Å²) in [5.41, 5.74) is 2.10. The molecule has 0 bridgehead atoms. The predicted molar refractivity (Wildman–Crippen MR) is 111 cm³/mol. The van der Waals surface area contributed by atoms with Gasteiger partial charge < -0.3 is 24.8 Å². The van der Waals surface area contributed by atoms with Gasteiger partial charge in [0.25, 0.3) is 0 Å². The molecule has 0 spiro atoms. The molecule has 1 saturated heterocycles. The second kappa shape index (κ2) is 8.61. The number of phenolic OH excluding ortho intramolecular Hbond substituents is 1. The van der Waals surface area contributed by atoms with Crippen LogP contribution in [0.5, 0.6) is 17.2 Å². The minimum Gasteiger partial charge on any atom is -0.508 e. The standard InChI is InChI=1S/C22H27N3O4/c1-16(17-2-7-20-21(14-17)29-13-12-28-20)23-22(27)15-24-8-10-25(11-9-24)18-3-5-19(26)6-4-18/h2-7,14,16,26H,8-13,15H2,1H3,(H,23,27)/t16-/m1/s1. The smallest absolute Gasteiger partial charge is 0.234 e. The number of hydrogen-bond acceptors (Lipinski definition) is 6. The average Bonchev–Trinajstić information content (AvgIpc) is 2.74. The number of phenols is 1. The van der Waals surface area contributed by atoms with Gasteiger partial charge in [0.15, 0.2) is 11.5 Å². The summed E-state index contributed by atoms with van der Waals surface area (Å²) >= 11 is 0. The van der Waals surface area contributed by atoms with Gasteiger partial charge in [-0.05, 0) is 48.9 Å². The van der Waals surface area contributed by atoms with Crippen LogP contribution in [-0.4, -0.2) is 61.9 Å². The van der Waals surface area contributed by atoms with Gasteiger partial charge in [0.1, 0.15) is 19.0 Å². The third-order valence-electron chi connectivity index (χ3n) is 5.40. The van der Waals surface area contributed by atoms with Crippen LogP contribution in [0.15, 0.2) is 42.5 Å². The van der Waals surface area contributed by atoms with Crippen LogP contribution in [0.2, 0.25) is 0 Å². The number of benzene rings is 2. The Morgan fingerprint density at radius 2 is 1.72 bits per heavy atom. The first kappa shape index (κ1) is 19.4. The first-order chi connectivity index (χ1) is 14.1. The molecule has 2 aliphatic heterocycles. The van der Waals surface area contributed by atoms with E-state index >= 15 is 0 Å². The van der Waals surface area contributed by atoms with Crippen molar-refractivity contribution in [3.63, 3.8) is 0 Å². The van der Waals surface area contributed by atoms with Gasteiger partial charge in [0.05, 0.1) is 12.6 Å². The minimum absolute atomic E-state index is 0.0190. The normalized spacial score (nSPS) is 17.6. The van der Waals surface area contributed by atoms with Gasteiger partial charge in [0.2, 0.25) is 5.91 Å². The largest absolute Gasteiger partial charge is 0.508 e. The Morgan fingerprint density at radius 3 is 2.45 bits per heavy atom. The number of piperazine rings is 1. The summed E-state index contributed by atoms with van der Waals surface area (Å²) < 4.78 is 11.2. The fourth-order valence-corrected chi connectivity index (χ4v) is 3.73. The molecule has 2 N–H and O–H groups in total. The molecule has 0 radical (unpaired) electrons. The van der Waals surface area contributed by atoms with E-state index in [4.69, 9.17) is 9.47 Å². The topological polar surface area (TPSA) is 74.3 Å². The van der Waals surface area contributed by atoms with Crippen molar-refractivity contribution in [2.24, 2.45) is 0 Å². The van der Waals surface area contributed by atoms with Crippen LogP contribution in [0.4, 0.5) is 5.69 Å². The second-order valence-corrected chi connectivity index (χ2v) is 7.47. The number of ether oxygens (including phenoxy) is 2. The molecule has 2 aromatic rings. The van der Waals surface area contributed by atoms with Crippen LogP contribution in [0, 0.1) is 0 Å². The molecule has 4 rings (SSSR count). The highest BCUT2D eigenvalue weighted by molar-refractivity contribution is 5.78. The zero-order valence-electron chi connectivity index (χ0n) is 16.6. The van der Waals surface area contributed by atoms with Crippen LogP contribution in [0.1, 0.15) is 18.5 Å². The van der Waals surface area contributed by atoms with Crippen LogP contribution in [-0.2, 0) is 4.79 Å². The van der Waals surface area contributed by atoms with Gasteiger partial charge in [-0.15, -0.1) is 0 Å². The van der Waals surface area contributed by atoms with Crippen LogP contribution in [0.25, 0.3) is 0 Å². The third kappa shape index (κ3) is 4.74. The fourth-order valence-electron chi connectivity index (χ4n) is 3.73. The van der Waals surface area contributed by atoms with Crippen molar-refractivity contribution in [1.82, 2.24) is 10.2 Å². The lowest BCUT2D eigenvalue weighted by Crippen LogP contribution is -2.49. The van der Waals surface area contributed by atoms with Gasteiger partial charge >= 0.3 is 0 Å². The van der Waals surface area contributed by atoms with E-state index in [-0.39, 0.29) is 17.7 Å². The molecule has 7 nitrogen and oxygen atoms in total. The maximum Gasteiger partial charge on any atom is 0.234 e. The molecule has 29 heavy (non-hydrogen) atoms. The number of carbonyl (C=O) groups excluding carboxylic acids is 1. The molecular formula is C22H27N3O4. The minimum atomic E-state index is -0.100. The van der Waals surface area contributed by atoms with E-state index in [0.717, 1.165) is 48.9 Å². The van der Waals surface area contributed by atoms with Crippen molar-refractivity contribution in [3.8, 4) is 17.2 Å². The maximum atomic E-state index is 12.5. The molecule has 2 aromatic carbocycles. The van der Waals surface area contributed by atoms with Gasteiger partial charge in [-0.2, -0.15) is 0 Å². The van der Waals surface area contributed by atoms with E-state index in [9.17, 15) is 9.90 Å². The number of nitrogens with one attached hydrogen (secondary N) is 1. The Morgan fingerprint density at radius 1 is 1.03 bits per heavy atom. The summed E-state index contributed by atoms with van der Waals surface area (Å²) in [5, 5.41) is 12.5. The lowest BCUT2D eigenvalue weighted by molar-refractivity contribution is -0.123. The van der Waals surface area contributed by atoms with Gasteiger partial charge in [0, 0.05) is 31.9 Å². The highest BCUT2D eigenvalue weighted by Gasteiger charge is 2.21. The molecule has 1 amide bonds. The SMILES string of the molecule is C[C@@H](NC(=O)CN1CCN(c2ccc(O)cc2)CC1)c1ccc2c(c1)OCCO2. The Hall–Kier alpha value is -2.93. The third-order valence-corrected chi connectivity index (χ3v) is 5.40. The van der Waals surface area contributed by atoms with Crippen LogP contribution >= 0.6 is 0 Å². The average molecular weight is 397 g/mol. The van der Waals surface area contributed by atoms with Gasteiger partial charge in [-0.25, -0.2) is 0 Å². The molecule has 0 aliphatic carbocycles. The zero-order chi connectivity index (χ0) is 20.2. The summed E-state index contributed by atoms with van der Waals surface area (Å²) in [6.07, 6.45) is 0. The van der Waals surface area contributed by atoms with Crippen molar-refractivity contribution in [2.45, 2.75) is 13.0 Å². The fraction of sp³-hybridized carbons (Fsp3) is 0.409. The Bertz CT molecular complexity index is 848. The van der Waals surface area contributed by atoms with Crippen molar-refractivity contribution in [2.75, 3.05) is 50.8 Å². The van der Waals surface area contributed by atoms with Crippen molar-refractivity contribution in [3.05, 3.63) is 48.0 Å². The zero-order valence-corrected chi connectivity index (χ0v) is 16.6. The summed E-state index contributed by atoms with van der Waals surface area (Å²) in [6, 6.07) is 13.0. The molecule has 0 saturated carbocycles. The summed E-state index contributed by atoms with van der Waals surface area (Å²) in [7, 11) is 0. The molecular weight excluding hydrogens is 370 g/mol. The van der Waals surface area contributed by atoms with Gasteiger partial charge in [-0.1, -0.05) is 6.07 Å². The van der Waals surface area contributed by atoms with Gasteiger partial charge in [-0.3, -0.25) is 9.69 Å². The quantitative estimate of drug-likeness (QED) is 0.806. The Kier molecular flexibility index (Phi) is 5.76. The number of hydrogen-bond donors (Lipinski definition) is 2. The van der Waals surface area contributed by atoms with Crippen LogP contribution in [0.3, 0.4) is 0 Å². The predicted octanol–water partition coefficient (Wildman–Crippen LogP) is 2.16. The highest BCUT2D eigenvalue weighted by Crippen LogP contribution is 2.32. The molecule has 0 unspecified atom stereocenters. The molecule has 2 heterocycles. The van der Waals surface area contributed by atoms with E-state index in [1.807, 2.05) is 37.3 Å². The Labute approximate surface area is 170 Å². The summed E-state index contributed by atoms with van der Waals surface area (Å²) in [6.45, 7) is 6.85. The van der Waals surface area contributed by atoms with E-state index in [2.05, 4.69) is 15.1 Å². The van der Waals surface area contributed by atoms with E-state index in [1.165, 1.54) is 0 Å². The molecule has 1 fully saturated rings. The molecule has 0 aromatic heterocycles. The number of aromatic hydroxyl groups is 1. The lowest BCUT2D eigenvalue weighted by Gasteiger charge is -2.35. The number of amides is 1.